The Morgan fingerprint density at radius 2 is 1.57 bits per heavy atom. The summed E-state index contributed by atoms with van der Waals surface area (Å²) in [4.78, 5) is 28.0. The van der Waals surface area contributed by atoms with E-state index in [9.17, 15) is 9.59 Å². The molecule has 3 N–H and O–H groups in total. The highest BCUT2D eigenvalue weighted by atomic mass is 16.7. The van der Waals surface area contributed by atoms with Crippen LogP contribution < -0.4 is 20.7 Å². The summed E-state index contributed by atoms with van der Waals surface area (Å²) < 4.78 is 18.4. The summed E-state index contributed by atoms with van der Waals surface area (Å²) in [6.45, 7) is 12.9. The third-order valence-electron chi connectivity index (χ3n) is 11.3. The van der Waals surface area contributed by atoms with Crippen molar-refractivity contribution < 1.29 is 23.6 Å². The SMILES string of the molecule is COc1ccc(C[C@H](Nc2cccc(-c3ccccc3)c2)C(=O)N[C@H](CC(C)C)C(=O)N[C@@H](C)B2O[C@@H]3C[C@@H]4C[C@@H](C4(C)C)[C@]3(C)O2)cc1. The molecule has 2 amide bonds. The van der Waals surface area contributed by atoms with E-state index in [1.54, 1.807) is 7.11 Å². The van der Waals surface area contributed by atoms with Gasteiger partial charge < -0.3 is 30.0 Å². The maximum Gasteiger partial charge on any atom is 0.481 e. The number of nitrogens with one attached hydrogen (secondary N) is 3. The fourth-order valence-electron chi connectivity index (χ4n) is 8.31. The van der Waals surface area contributed by atoms with Gasteiger partial charge in [0, 0.05) is 12.1 Å². The summed E-state index contributed by atoms with van der Waals surface area (Å²) in [5.41, 5.74) is 3.81. The number of ether oxygens (including phenoxy) is 1. The number of carbonyl (C=O) groups is 2. The topological polar surface area (TPSA) is 97.9 Å². The molecule has 0 aromatic heterocycles. The van der Waals surface area contributed by atoms with Gasteiger partial charge in [0.2, 0.25) is 11.8 Å². The molecule has 1 aliphatic heterocycles. The average molecular weight is 666 g/mol. The van der Waals surface area contributed by atoms with Gasteiger partial charge in [0.05, 0.1) is 24.8 Å². The molecule has 4 aliphatic rings. The highest BCUT2D eigenvalue weighted by Crippen LogP contribution is 2.65. The summed E-state index contributed by atoms with van der Waals surface area (Å²) in [5.74, 6) is 1.15. The highest BCUT2D eigenvalue weighted by molar-refractivity contribution is 6.47. The van der Waals surface area contributed by atoms with Crippen LogP contribution in [0.2, 0.25) is 0 Å². The molecule has 3 aromatic carbocycles. The molecule has 7 rings (SSSR count). The lowest BCUT2D eigenvalue weighted by molar-refractivity contribution is -0.199. The molecule has 1 saturated heterocycles. The lowest BCUT2D eigenvalue weighted by Gasteiger charge is -2.64. The number of methoxy groups -OCH3 is 1. The standard InChI is InChI=1S/C40H52BN3O5/c1-25(2)20-33(37(45)42-26(3)41-48-36-24-30-23-35(39(30,4)5)40(36,6)49-41)44-38(46)34(21-27-16-18-32(47-7)19-17-27)43-31-15-11-14-29(22-31)28-12-9-8-10-13-28/h8-19,22,25-26,30,33-36,43H,20-21,23-24H2,1-7H3,(H,42,45)(H,44,46)/t26-,30-,33+,34-,35-,36+,40-/m0/s1. The fourth-order valence-corrected chi connectivity index (χ4v) is 8.31. The predicted molar refractivity (Wildman–Crippen MR) is 195 cm³/mol. The zero-order chi connectivity index (χ0) is 34.9. The van der Waals surface area contributed by atoms with Crippen molar-refractivity contribution >= 4 is 24.6 Å². The van der Waals surface area contributed by atoms with Gasteiger partial charge in [-0.3, -0.25) is 9.59 Å². The third kappa shape index (κ3) is 7.39. The van der Waals surface area contributed by atoms with Crippen molar-refractivity contribution in [2.24, 2.45) is 23.2 Å². The van der Waals surface area contributed by atoms with Crippen molar-refractivity contribution in [2.45, 2.75) is 97.0 Å². The Labute approximate surface area is 292 Å². The lowest BCUT2D eigenvalue weighted by Crippen LogP contribution is -2.65. The first-order valence-corrected chi connectivity index (χ1v) is 17.9. The van der Waals surface area contributed by atoms with E-state index >= 15 is 0 Å². The largest absolute Gasteiger partial charge is 0.497 e. The molecule has 9 heteroatoms. The minimum absolute atomic E-state index is 0.0324. The minimum Gasteiger partial charge on any atom is -0.497 e. The highest BCUT2D eigenvalue weighted by Gasteiger charge is 2.68. The third-order valence-corrected chi connectivity index (χ3v) is 11.3. The second-order valence-corrected chi connectivity index (χ2v) is 15.5. The zero-order valence-corrected chi connectivity index (χ0v) is 30.0. The smallest absolute Gasteiger partial charge is 0.481 e. The Hall–Kier alpha value is -3.82. The zero-order valence-electron chi connectivity index (χ0n) is 30.0. The molecule has 4 fully saturated rings. The normalized spacial score (nSPS) is 25.4. The Morgan fingerprint density at radius 1 is 0.878 bits per heavy atom. The van der Waals surface area contributed by atoms with E-state index in [0.717, 1.165) is 34.5 Å². The van der Waals surface area contributed by atoms with Gasteiger partial charge in [-0.05, 0) is 97.2 Å². The number of hydrogen-bond donors (Lipinski definition) is 3. The summed E-state index contributed by atoms with van der Waals surface area (Å²) in [6, 6.07) is 24.6. The second kappa shape index (κ2) is 14.2. The van der Waals surface area contributed by atoms with E-state index < -0.39 is 19.2 Å². The molecular weight excluding hydrogens is 613 g/mol. The second-order valence-electron chi connectivity index (χ2n) is 15.5. The van der Waals surface area contributed by atoms with Gasteiger partial charge in [-0.2, -0.15) is 0 Å². The number of hydrogen-bond acceptors (Lipinski definition) is 6. The van der Waals surface area contributed by atoms with E-state index in [-0.39, 0.29) is 40.8 Å². The Bertz CT molecular complexity index is 1620. The van der Waals surface area contributed by atoms with Crippen LogP contribution in [0.1, 0.15) is 66.4 Å². The van der Waals surface area contributed by atoms with Crippen LogP contribution in [0, 0.1) is 23.2 Å². The summed E-state index contributed by atoms with van der Waals surface area (Å²) >= 11 is 0. The summed E-state index contributed by atoms with van der Waals surface area (Å²) in [7, 11) is 1.10. The molecule has 7 atom stereocenters. The Balaban J connectivity index is 1.17. The van der Waals surface area contributed by atoms with Crippen LogP contribution in [0.5, 0.6) is 5.75 Å². The van der Waals surface area contributed by atoms with Crippen LogP contribution in [-0.2, 0) is 25.3 Å². The summed E-state index contributed by atoms with van der Waals surface area (Å²) in [5, 5.41) is 9.74. The van der Waals surface area contributed by atoms with Crippen LogP contribution in [0.4, 0.5) is 5.69 Å². The molecule has 0 radical (unpaired) electrons. The van der Waals surface area contributed by atoms with Gasteiger partial charge in [-0.25, -0.2) is 0 Å². The molecule has 1 heterocycles. The predicted octanol–water partition coefficient (Wildman–Crippen LogP) is 6.69. The number of amides is 2. The van der Waals surface area contributed by atoms with Gasteiger partial charge in [0.1, 0.15) is 17.8 Å². The number of rotatable bonds is 13. The molecule has 3 saturated carbocycles. The molecule has 2 bridgehead atoms. The minimum atomic E-state index is -0.725. The van der Waals surface area contributed by atoms with Crippen molar-refractivity contribution in [2.75, 3.05) is 12.4 Å². The maximum absolute atomic E-state index is 14.2. The molecule has 3 aliphatic carbocycles. The van der Waals surface area contributed by atoms with Crippen molar-refractivity contribution in [3.63, 3.8) is 0 Å². The summed E-state index contributed by atoms with van der Waals surface area (Å²) in [6.07, 6.45) is 3.10. The van der Waals surface area contributed by atoms with Crippen LogP contribution in [0.15, 0.2) is 78.9 Å². The van der Waals surface area contributed by atoms with Crippen LogP contribution in [0.25, 0.3) is 11.1 Å². The monoisotopic (exact) mass is 665 g/mol. The van der Waals surface area contributed by atoms with E-state index in [2.05, 4.69) is 68.8 Å². The molecule has 49 heavy (non-hydrogen) atoms. The lowest BCUT2D eigenvalue weighted by atomic mass is 9.43. The van der Waals surface area contributed by atoms with Gasteiger partial charge in [0.25, 0.3) is 0 Å². The molecule has 8 nitrogen and oxygen atoms in total. The van der Waals surface area contributed by atoms with Crippen LogP contribution >= 0.6 is 0 Å². The maximum atomic E-state index is 14.2. The van der Waals surface area contributed by atoms with Gasteiger partial charge in [-0.1, -0.05) is 82.3 Å². The van der Waals surface area contributed by atoms with Crippen molar-refractivity contribution in [1.82, 2.24) is 10.6 Å². The quantitative estimate of drug-likeness (QED) is 0.176. The van der Waals surface area contributed by atoms with Gasteiger partial charge >= 0.3 is 7.12 Å². The van der Waals surface area contributed by atoms with E-state index in [1.165, 1.54) is 6.42 Å². The van der Waals surface area contributed by atoms with Crippen molar-refractivity contribution in [3.8, 4) is 16.9 Å². The van der Waals surface area contributed by atoms with E-state index in [1.807, 2.05) is 67.6 Å². The Morgan fingerprint density at radius 3 is 2.24 bits per heavy atom. The first-order valence-electron chi connectivity index (χ1n) is 17.9. The molecular formula is C40H52BN3O5. The average Bonchev–Trinajstić information content (AvgIpc) is 3.46. The Kier molecular flexibility index (Phi) is 10.1. The number of benzene rings is 3. The van der Waals surface area contributed by atoms with Crippen molar-refractivity contribution in [3.05, 3.63) is 84.4 Å². The molecule has 0 unspecified atom stereocenters. The number of anilines is 1. The first-order chi connectivity index (χ1) is 23.4. The molecule has 0 spiro atoms. The number of carbonyl (C=O) groups excluding carboxylic acids is 2. The van der Waals surface area contributed by atoms with Crippen LogP contribution in [-0.4, -0.2) is 55.8 Å². The van der Waals surface area contributed by atoms with E-state index in [0.29, 0.717) is 24.7 Å². The molecule has 3 aromatic rings. The van der Waals surface area contributed by atoms with Gasteiger partial charge in [0.15, 0.2) is 0 Å². The first kappa shape index (κ1) is 35.0. The van der Waals surface area contributed by atoms with Gasteiger partial charge in [-0.15, -0.1) is 0 Å². The molecule has 260 valence electrons. The van der Waals surface area contributed by atoms with Crippen molar-refractivity contribution in [1.29, 1.82) is 0 Å². The van der Waals surface area contributed by atoms with Crippen LogP contribution in [0.3, 0.4) is 0 Å². The fraction of sp³-hybridized carbons (Fsp3) is 0.500. The van der Waals surface area contributed by atoms with E-state index in [4.69, 9.17) is 14.0 Å².